The molecule has 0 aliphatic heterocycles. The summed E-state index contributed by atoms with van der Waals surface area (Å²) in [6, 6.07) is 11.8. The number of aromatic nitrogens is 3. The van der Waals surface area contributed by atoms with Crippen LogP contribution in [0.3, 0.4) is 0 Å². The fraction of sp³-hybridized carbons (Fsp3) is 0.294. The van der Waals surface area contributed by atoms with Crippen molar-refractivity contribution >= 4 is 12.2 Å². The molecule has 0 saturated heterocycles. The predicted octanol–water partition coefficient (Wildman–Crippen LogP) is 3.31. The van der Waals surface area contributed by atoms with Crippen LogP contribution in [0.1, 0.15) is 5.56 Å². The molecule has 0 aliphatic carbocycles. The van der Waals surface area contributed by atoms with Gasteiger partial charge in [-0.15, -0.1) is 5.10 Å². The molecule has 24 heavy (non-hydrogen) atoms. The molecular weight excluding hydrogens is 324 g/mol. The Morgan fingerprint density at radius 3 is 2.62 bits per heavy atom. The van der Waals surface area contributed by atoms with Gasteiger partial charge in [0.1, 0.15) is 5.75 Å². The fourth-order valence-corrected chi connectivity index (χ4v) is 2.71. The largest absolute Gasteiger partial charge is 0.497 e. The zero-order valence-electron chi connectivity index (χ0n) is 14.0. The van der Waals surface area contributed by atoms with Crippen LogP contribution in [-0.2, 0) is 20.3 Å². The highest BCUT2D eigenvalue weighted by atomic mass is 32.1. The molecule has 0 spiro atoms. The van der Waals surface area contributed by atoms with Gasteiger partial charge in [0.05, 0.1) is 20.0 Å². The number of hydrogen-bond donors (Lipinski definition) is 0. The number of methoxy groups -OCH3 is 1. The first-order valence-electron chi connectivity index (χ1n) is 7.57. The second-order valence-electron chi connectivity index (χ2n) is 5.65. The molecule has 0 saturated carbocycles. The smallest absolute Gasteiger partial charge is 0.199 e. The van der Waals surface area contributed by atoms with Crippen LogP contribution in [0.25, 0.3) is 11.6 Å². The number of furan rings is 1. The van der Waals surface area contributed by atoms with Gasteiger partial charge >= 0.3 is 0 Å². The van der Waals surface area contributed by atoms with Gasteiger partial charge < -0.3 is 13.7 Å². The number of benzene rings is 1. The van der Waals surface area contributed by atoms with Gasteiger partial charge in [-0.05, 0) is 49.1 Å². The Bertz CT molecular complexity index is 850. The first kappa shape index (κ1) is 16.5. The molecule has 0 N–H and O–H groups in total. The highest BCUT2D eigenvalue weighted by Crippen LogP contribution is 2.18. The van der Waals surface area contributed by atoms with Crippen molar-refractivity contribution in [2.24, 2.45) is 7.05 Å². The van der Waals surface area contributed by atoms with Crippen molar-refractivity contribution < 1.29 is 9.15 Å². The van der Waals surface area contributed by atoms with Crippen LogP contribution in [0.4, 0.5) is 0 Å². The normalized spacial score (nSPS) is 11.2. The summed E-state index contributed by atoms with van der Waals surface area (Å²) in [6.45, 7) is 1.39. The van der Waals surface area contributed by atoms with Crippen molar-refractivity contribution in [3.05, 3.63) is 53.0 Å². The molecule has 0 unspecified atom stereocenters. The minimum absolute atomic E-state index is 0.597. The van der Waals surface area contributed by atoms with E-state index in [0.717, 1.165) is 18.1 Å². The number of ether oxygens (including phenoxy) is 1. The third-order valence-electron chi connectivity index (χ3n) is 3.77. The Morgan fingerprint density at radius 2 is 2.00 bits per heavy atom. The van der Waals surface area contributed by atoms with E-state index in [1.807, 2.05) is 42.9 Å². The third kappa shape index (κ3) is 3.42. The first-order chi connectivity index (χ1) is 11.6. The van der Waals surface area contributed by atoms with E-state index in [1.165, 1.54) is 5.56 Å². The van der Waals surface area contributed by atoms with E-state index >= 15 is 0 Å². The van der Waals surface area contributed by atoms with Crippen LogP contribution in [0.5, 0.6) is 5.75 Å². The van der Waals surface area contributed by atoms with Crippen LogP contribution < -0.4 is 4.74 Å². The summed E-state index contributed by atoms with van der Waals surface area (Å²) in [7, 11) is 5.60. The second-order valence-corrected chi connectivity index (χ2v) is 6.01. The van der Waals surface area contributed by atoms with E-state index in [2.05, 4.69) is 22.1 Å². The maximum atomic E-state index is 5.48. The lowest BCUT2D eigenvalue weighted by molar-refractivity contribution is 0.244. The molecule has 3 rings (SSSR count). The Kier molecular flexibility index (Phi) is 4.82. The molecular formula is C17H20N4O2S. The van der Waals surface area contributed by atoms with E-state index in [4.69, 9.17) is 21.4 Å². The van der Waals surface area contributed by atoms with Gasteiger partial charge in [0.2, 0.25) is 0 Å². The third-order valence-corrected chi connectivity index (χ3v) is 4.25. The van der Waals surface area contributed by atoms with E-state index in [-0.39, 0.29) is 0 Å². The molecule has 3 aromatic rings. The van der Waals surface area contributed by atoms with Crippen LogP contribution in [0.15, 0.2) is 47.1 Å². The highest BCUT2D eigenvalue weighted by molar-refractivity contribution is 7.71. The van der Waals surface area contributed by atoms with Gasteiger partial charge in [0.15, 0.2) is 16.4 Å². The summed E-state index contributed by atoms with van der Waals surface area (Å²) in [6.07, 6.45) is 1.63. The van der Waals surface area contributed by atoms with Gasteiger partial charge in [-0.1, -0.05) is 12.1 Å². The van der Waals surface area contributed by atoms with E-state index in [1.54, 1.807) is 18.1 Å². The van der Waals surface area contributed by atoms with Crippen LogP contribution in [0.2, 0.25) is 0 Å². The molecule has 0 amide bonds. The molecule has 0 aliphatic rings. The second kappa shape index (κ2) is 7.02. The minimum atomic E-state index is 0.597. The standard InChI is InChI=1S/C17H20N4O2S/c1-19(11-13-6-8-14(22-3)9-7-13)12-21-17(24)20(2)16(18-21)15-5-4-10-23-15/h4-10H,11-12H2,1-3H3. The summed E-state index contributed by atoms with van der Waals surface area (Å²) >= 11 is 5.48. The van der Waals surface area contributed by atoms with Crippen LogP contribution >= 0.6 is 12.2 Å². The molecule has 0 fully saturated rings. The zero-order valence-corrected chi connectivity index (χ0v) is 14.8. The van der Waals surface area contributed by atoms with E-state index in [9.17, 15) is 0 Å². The van der Waals surface area contributed by atoms with Gasteiger partial charge in [-0.2, -0.15) is 0 Å². The summed E-state index contributed by atoms with van der Waals surface area (Å²) in [5.74, 6) is 2.29. The molecule has 6 nitrogen and oxygen atoms in total. The molecule has 0 bridgehead atoms. The Balaban J connectivity index is 1.73. The monoisotopic (exact) mass is 344 g/mol. The van der Waals surface area contributed by atoms with Gasteiger partial charge in [0.25, 0.3) is 0 Å². The first-order valence-corrected chi connectivity index (χ1v) is 7.98. The summed E-state index contributed by atoms with van der Waals surface area (Å²) in [4.78, 5) is 2.15. The Morgan fingerprint density at radius 1 is 1.25 bits per heavy atom. The molecule has 0 radical (unpaired) electrons. The van der Waals surface area contributed by atoms with Gasteiger partial charge in [-0.3, -0.25) is 4.90 Å². The van der Waals surface area contributed by atoms with Gasteiger partial charge in [-0.25, -0.2) is 4.68 Å². The lowest BCUT2D eigenvalue weighted by atomic mass is 10.2. The molecule has 2 heterocycles. The van der Waals surface area contributed by atoms with Crippen molar-refractivity contribution in [2.75, 3.05) is 14.2 Å². The van der Waals surface area contributed by atoms with Crippen molar-refractivity contribution in [1.82, 2.24) is 19.2 Å². The van der Waals surface area contributed by atoms with Crippen molar-refractivity contribution in [1.29, 1.82) is 0 Å². The zero-order chi connectivity index (χ0) is 17.1. The Hall–Kier alpha value is -2.38. The van der Waals surface area contributed by atoms with Crippen LogP contribution in [-0.4, -0.2) is 33.4 Å². The lowest BCUT2D eigenvalue weighted by Gasteiger charge is -2.16. The lowest BCUT2D eigenvalue weighted by Crippen LogP contribution is -2.22. The SMILES string of the molecule is COc1ccc(CN(C)Cn2nc(-c3ccco3)n(C)c2=S)cc1. The number of rotatable bonds is 6. The van der Waals surface area contributed by atoms with Crippen molar-refractivity contribution in [3.8, 4) is 17.3 Å². The maximum absolute atomic E-state index is 5.48. The van der Waals surface area contributed by atoms with Crippen LogP contribution in [0, 0.1) is 4.77 Å². The van der Waals surface area contributed by atoms with Crippen molar-refractivity contribution in [3.63, 3.8) is 0 Å². The van der Waals surface area contributed by atoms with E-state index < -0.39 is 0 Å². The highest BCUT2D eigenvalue weighted by Gasteiger charge is 2.13. The van der Waals surface area contributed by atoms with Crippen molar-refractivity contribution in [2.45, 2.75) is 13.2 Å². The average molecular weight is 344 g/mol. The molecule has 2 aromatic heterocycles. The number of nitrogens with zero attached hydrogens (tertiary/aromatic N) is 4. The minimum Gasteiger partial charge on any atom is -0.497 e. The molecule has 1 aromatic carbocycles. The van der Waals surface area contributed by atoms with E-state index in [0.29, 0.717) is 17.2 Å². The molecule has 126 valence electrons. The summed E-state index contributed by atoms with van der Waals surface area (Å²) in [5.41, 5.74) is 1.20. The number of hydrogen-bond acceptors (Lipinski definition) is 5. The molecule has 7 heteroatoms. The summed E-state index contributed by atoms with van der Waals surface area (Å²) in [5, 5.41) is 4.58. The topological polar surface area (TPSA) is 48.4 Å². The predicted molar refractivity (Wildman–Crippen MR) is 94.2 cm³/mol. The Labute approximate surface area is 145 Å². The quantitative estimate of drug-likeness (QED) is 0.642. The summed E-state index contributed by atoms with van der Waals surface area (Å²) < 4.78 is 14.9. The average Bonchev–Trinajstić information content (AvgIpc) is 3.20. The molecule has 0 atom stereocenters. The fourth-order valence-electron chi connectivity index (χ4n) is 2.52. The maximum Gasteiger partial charge on any atom is 0.199 e. The van der Waals surface area contributed by atoms with Gasteiger partial charge in [0, 0.05) is 13.6 Å².